The van der Waals surface area contributed by atoms with Crippen molar-refractivity contribution in [3.63, 3.8) is 0 Å². The molecule has 0 saturated heterocycles. The third-order valence-corrected chi connectivity index (χ3v) is 4.80. The zero-order chi connectivity index (χ0) is 18.8. The molecule has 1 rings (SSSR count). The minimum absolute atomic E-state index is 0.159. The topological polar surface area (TPSA) is 89.9 Å². The van der Waals surface area contributed by atoms with Gasteiger partial charge in [-0.05, 0) is 37.6 Å². The van der Waals surface area contributed by atoms with Gasteiger partial charge in [0.15, 0.2) is 12.2 Å². The lowest BCUT2D eigenvalue weighted by Gasteiger charge is -2.31. The minimum atomic E-state index is -1.79. The van der Waals surface area contributed by atoms with Crippen LogP contribution in [0.5, 0.6) is 0 Å². The Morgan fingerprint density at radius 2 is 2.12 bits per heavy atom. The number of amides is 2. The maximum atomic E-state index is 12.5. The van der Waals surface area contributed by atoms with Gasteiger partial charge in [0, 0.05) is 24.0 Å². The standard InChI is InChI=1S/C18H28N2O4S/c1-4-7-13(3)20(11-5-2)18(24)16(22)15(21)17(23)19-10-9-14-8-6-12-25-14/h4,6,8,12-13,15-16,21-22H,1,5,7,9-11H2,2-3H3,(H,19,23). The number of rotatable bonds is 11. The lowest BCUT2D eigenvalue weighted by molar-refractivity contribution is -0.154. The molecular weight excluding hydrogens is 340 g/mol. The lowest BCUT2D eigenvalue weighted by atomic mass is 10.1. The molecule has 1 heterocycles. The van der Waals surface area contributed by atoms with E-state index in [1.54, 1.807) is 17.4 Å². The number of thiophene rings is 1. The van der Waals surface area contributed by atoms with Gasteiger partial charge in [0.25, 0.3) is 11.8 Å². The quantitative estimate of drug-likeness (QED) is 0.514. The minimum Gasteiger partial charge on any atom is -0.380 e. The number of nitrogens with one attached hydrogen (secondary N) is 1. The molecule has 2 amide bonds. The summed E-state index contributed by atoms with van der Waals surface area (Å²) in [5, 5.41) is 24.6. The highest BCUT2D eigenvalue weighted by atomic mass is 32.1. The van der Waals surface area contributed by atoms with Crippen molar-refractivity contribution in [1.82, 2.24) is 10.2 Å². The van der Waals surface area contributed by atoms with Crippen molar-refractivity contribution in [3.8, 4) is 0 Å². The molecule has 3 atom stereocenters. The Labute approximate surface area is 153 Å². The third kappa shape index (κ3) is 6.61. The SMILES string of the molecule is C=CCC(C)N(CCC)C(=O)C(O)C(O)C(=O)NCCc1cccs1. The van der Waals surface area contributed by atoms with Crippen LogP contribution in [-0.2, 0) is 16.0 Å². The van der Waals surface area contributed by atoms with Gasteiger partial charge in [-0.25, -0.2) is 0 Å². The van der Waals surface area contributed by atoms with Crippen molar-refractivity contribution >= 4 is 23.2 Å². The van der Waals surface area contributed by atoms with E-state index in [4.69, 9.17) is 0 Å². The van der Waals surface area contributed by atoms with E-state index in [-0.39, 0.29) is 6.04 Å². The van der Waals surface area contributed by atoms with Crippen LogP contribution in [0.3, 0.4) is 0 Å². The van der Waals surface area contributed by atoms with Crippen LogP contribution >= 0.6 is 11.3 Å². The summed E-state index contributed by atoms with van der Waals surface area (Å²) in [4.78, 5) is 27.0. The lowest BCUT2D eigenvalue weighted by Crippen LogP contribution is -2.53. The van der Waals surface area contributed by atoms with Gasteiger partial charge in [-0.15, -0.1) is 17.9 Å². The van der Waals surface area contributed by atoms with E-state index in [1.807, 2.05) is 31.4 Å². The highest BCUT2D eigenvalue weighted by Gasteiger charge is 2.34. The largest absolute Gasteiger partial charge is 0.380 e. The second kappa shape index (κ2) is 11.0. The predicted molar refractivity (Wildman–Crippen MR) is 99.3 cm³/mol. The molecule has 0 fully saturated rings. The Morgan fingerprint density at radius 1 is 1.40 bits per heavy atom. The average molecular weight is 368 g/mol. The summed E-state index contributed by atoms with van der Waals surface area (Å²) in [6.07, 6.45) is 0.0516. The maximum absolute atomic E-state index is 12.5. The summed E-state index contributed by atoms with van der Waals surface area (Å²) in [7, 11) is 0. The van der Waals surface area contributed by atoms with Crippen LogP contribution < -0.4 is 5.32 Å². The van der Waals surface area contributed by atoms with E-state index >= 15 is 0 Å². The molecule has 140 valence electrons. The number of aliphatic hydroxyl groups is 2. The van der Waals surface area contributed by atoms with Crippen LogP contribution in [0.2, 0.25) is 0 Å². The fourth-order valence-electron chi connectivity index (χ4n) is 2.47. The van der Waals surface area contributed by atoms with Crippen LogP contribution in [-0.4, -0.2) is 58.3 Å². The van der Waals surface area contributed by atoms with Crippen LogP contribution in [0, 0.1) is 0 Å². The van der Waals surface area contributed by atoms with Gasteiger partial charge in [-0.3, -0.25) is 9.59 Å². The van der Waals surface area contributed by atoms with Crippen LogP contribution in [0.15, 0.2) is 30.2 Å². The normalized spacial score (nSPS) is 14.4. The molecule has 0 radical (unpaired) electrons. The molecule has 6 nitrogen and oxygen atoms in total. The summed E-state index contributed by atoms with van der Waals surface area (Å²) in [5.74, 6) is -1.39. The van der Waals surface area contributed by atoms with Gasteiger partial charge in [0.1, 0.15) is 0 Å². The molecule has 0 aromatic carbocycles. The Bertz CT molecular complexity index is 547. The van der Waals surface area contributed by atoms with E-state index in [1.165, 1.54) is 4.90 Å². The summed E-state index contributed by atoms with van der Waals surface area (Å²) in [6.45, 7) is 8.19. The molecule has 3 unspecified atom stereocenters. The fraction of sp³-hybridized carbons (Fsp3) is 0.556. The van der Waals surface area contributed by atoms with Crippen LogP contribution in [0.25, 0.3) is 0 Å². The number of aliphatic hydroxyl groups excluding tert-OH is 2. The van der Waals surface area contributed by atoms with Gasteiger partial charge < -0.3 is 20.4 Å². The molecule has 0 aliphatic rings. The Balaban J connectivity index is 2.58. The fourth-order valence-corrected chi connectivity index (χ4v) is 3.18. The van der Waals surface area contributed by atoms with Crippen molar-refractivity contribution in [2.45, 2.75) is 51.4 Å². The first-order valence-corrected chi connectivity index (χ1v) is 9.37. The molecular formula is C18H28N2O4S. The highest BCUT2D eigenvalue weighted by molar-refractivity contribution is 7.09. The van der Waals surface area contributed by atoms with Crippen molar-refractivity contribution in [2.24, 2.45) is 0 Å². The van der Waals surface area contributed by atoms with E-state index in [2.05, 4.69) is 11.9 Å². The number of nitrogens with zero attached hydrogens (tertiary/aromatic N) is 1. The molecule has 0 aliphatic heterocycles. The summed E-state index contributed by atoms with van der Waals surface area (Å²) < 4.78 is 0. The third-order valence-electron chi connectivity index (χ3n) is 3.86. The first-order valence-electron chi connectivity index (χ1n) is 8.49. The Morgan fingerprint density at radius 3 is 2.68 bits per heavy atom. The van der Waals surface area contributed by atoms with Crippen LogP contribution in [0.1, 0.15) is 31.6 Å². The van der Waals surface area contributed by atoms with E-state index < -0.39 is 24.0 Å². The molecule has 7 heteroatoms. The zero-order valence-corrected chi connectivity index (χ0v) is 15.7. The van der Waals surface area contributed by atoms with Gasteiger partial charge >= 0.3 is 0 Å². The molecule has 0 aliphatic carbocycles. The molecule has 0 spiro atoms. The second-order valence-corrected chi connectivity index (χ2v) is 6.95. The maximum Gasteiger partial charge on any atom is 0.254 e. The van der Waals surface area contributed by atoms with Gasteiger partial charge in [0.2, 0.25) is 0 Å². The number of hydrogen-bond acceptors (Lipinski definition) is 5. The van der Waals surface area contributed by atoms with E-state index in [0.29, 0.717) is 32.4 Å². The number of hydrogen-bond donors (Lipinski definition) is 3. The van der Waals surface area contributed by atoms with Crippen molar-refractivity contribution in [3.05, 3.63) is 35.0 Å². The van der Waals surface area contributed by atoms with E-state index in [9.17, 15) is 19.8 Å². The molecule has 3 N–H and O–H groups in total. The summed E-state index contributed by atoms with van der Waals surface area (Å²) in [5.41, 5.74) is 0. The first kappa shape index (κ1) is 21.3. The number of carbonyl (C=O) groups excluding carboxylic acids is 2. The van der Waals surface area contributed by atoms with Crippen molar-refractivity contribution < 1.29 is 19.8 Å². The van der Waals surface area contributed by atoms with Gasteiger partial charge in [0.05, 0.1) is 0 Å². The summed E-state index contributed by atoms with van der Waals surface area (Å²) >= 11 is 1.58. The number of carbonyl (C=O) groups is 2. The second-order valence-electron chi connectivity index (χ2n) is 5.92. The molecule has 0 saturated carbocycles. The Hall–Kier alpha value is -1.70. The predicted octanol–water partition coefficient (Wildman–Crippen LogP) is 1.33. The van der Waals surface area contributed by atoms with Gasteiger partial charge in [-0.2, -0.15) is 0 Å². The van der Waals surface area contributed by atoms with Crippen molar-refractivity contribution in [1.29, 1.82) is 0 Å². The van der Waals surface area contributed by atoms with Crippen LogP contribution in [0.4, 0.5) is 0 Å². The summed E-state index contributed by atoms with van der Waals surface area (Å²) in [6, 6.07) is 3.72. The smallest absolute Gasteiger partial charge is 0.254 e. The average Bonchev–Trinajstić information content (AvgIpc) is 3.11. The molecule has 1 aromatic rings. The Kier molecular flexibility index (Phi) is 9.41. The molecule has 25 heavy (non-hydrogen) atoms. The van der Waals surface area contributed by atoms with E-state index in [0.717, 1.165) is 4.88 Å². The van der Waals surface area contributed by atoms with Gasteiger partial charge in [-0.1, -0.05) is 19.1 Å². The molecule has 0 bridgehead atoms. The van der Waals surface area contributed by atoms with Crippen molar-refractivity contribution in [2.75, 3.05) is 13.1 Å². The first-order chi connectivity index (χ1) is 11.9. The monoisotopic (exact) mass is 368 g/mol. The molecule has 1 aromatic heterocycles. The zero-order valence-electron chi connectivity index (χ0n) is 14.9. The highest BCUT2D eigenvalue weighted by Crippen LogP contribution is 2.11.